The number of nitrogens with one attached hydrogen (secondary N) is 1. The highest BCUT2D eigenvalue weighted by molar-refractivity contribution is 5.92. The number of anilines is 2. The van der Waals surface area contributed by atoms with Gasteiger partial charge in [-0.05, 0) is 58.0 Å². The molecule has 0 bridgehead atoms. The first-order valence-electron chi connectivity index (χ1n) is 7.30. The summed E-state index contributed by atoms with van der Waals surface area (Å²) in [6.45, 7) is 7.24. The topological polar surface area (TPSA) is 58.4 Å². The second-order valence-electron chi connectivity index (χ2n) is 5.41. The monoisotopic (exact) mass is 277 g/mol. The predicted molar refractivity (Wildman–Crippen MR) is 85.8 cm³/mol. The SMILES string of the molecule is CCC(C)N(C)CCCC(=O)Nc1cccc(N)c1C. The summed E-state index contributed by atoms with van der Waals surface area (Å²) in [7, 11) is 2.11. The highest BCUT2D eigenvalue weighted by Gasteiger charge is 2.09. The summed E-state index contributed by atoms with van der Waals surface area (Å²) in [6.07, 6.45) is 2.54. The smallest absolute Gasteiger partial charge is 0.224 e. The number of hydrogen-bond acceptors (Lipinski definition) is 3. The van der Waals surface area contributed by atoms with E-state index in [1.54, 1.807) is 0 Å². The Labute approximate surface area is 122 Å². The van der Waals surface area contributed by atoms with E-state index < -0.39 is 0 Å². The molecule has 1 unspecified atom stereocenters. The van der Waals surface area contributed by atoms with Gasteiger partial charge in [0.2, 0.25) is 5.91 Å². The Bertz CT molecular complexity index is 445. The van der Waals surface area contributed by atoms with Crippen molar-refractivity contribution >= 4 is 17.3 Å². The number of carbonyl (C=O) groups is 1. The molecule has 3 N–H and O–H groups in total. The van der Waals surface area contributed by atoms with Gasteiger partial charge in [-0.15, -0.1) is 0 Å². The molecule has 0 aromatic heterocycles. The first-order valence-corrected chi connectivity index (χ1v) is 7.30. The molecule has 20 heavy (non-hydrogen) atoms. The molecule has 1 aromatic carbocycles. The van der Waals surface area contributed by atoms with E-state index in [1.807, 2.05) is 25.1 Å². The maximum Gasteiger partial charge on any atom is 0.224 e. The Balaban J connectivity index is 2.39. The Kier molecular flexibility index (Phi) is 6.52. The van der Waals surface area contributed by atoms with Crippen molar-refractivity contribution < 1.29 is 4.79 Å². The van der Waals surface area contributed by atoms with E-state index in [1.165, 1.54) is 0 Å². The van der Waals surface area contributed by atoms with Gasteiger partial charge >= 0.3 is 0 Å². The van der Waals surface area contributed by atoms with Crippen LogP contribution in [-0.2, 0) is 4.79 Å². The minimum Gasteiger partial charge on any atom is -0.398 e. The summed E-state index contributed by atoms with van der Waals surface area (Å²) < 4.78 is 0. The number of hydrogen-bond donors (Lipinski definition) is 2. The molecule has 0 radical (unpaired) electrons. The zero-order valence-electron chi connectivity index (χ0n) is 13.1. The van der Waals surface area contributed by atoms with Gasteiger partial charge in [-0.1, -0.05) is 13.0 Å². The molecule has 0 aliphatic carbocycles. The van der Waals surface area contributed by atoms with E-state index in [4.69, 9.17) is 5.73 Å². The molecule has 0 spiro atoms. The van der Waals surface area contributed by atoms with E-state index in [0.717, 1.165) is 30.6 Å². The molecule has 1 atom stereocenters. The molecule has 0 saturated carbocycles. The summed E-state index contributed by atoms with van der Waals surface area (Å²) in [6, 6.07) is 6.14. The number of benzene rings is 1. The molecule has 1 amide bonds. The lowest BCUT2D eigenvalue weighted by Gasteiger charge is -2.23. The van der Waals surface area contributed by atoms with Crippen LogP contribution in [0.2, 0.25) is 0 Å². The number of rotatable bonds is 7. The quantitative estimate of drug-likeness (QED) is 0.753. The van der Waals surface area contributed by atoms with E-state index in [0.29, 0.717) is 18.2 Å². The second kappa shape index (κ2) is 7.90. The standard InChI is InChI=1S/C16H27N3O/c1-5-12(2)19(4)11-7-10-16(20)18-15-9-6-8-14(17)13(15)3/h6,8-9,12H,5,7,10-11,17H2,1-4H3,(H,18,20). The van der Waals surface area contributed by atoms with Crippen molar-refractivity contribution in [3.63, 3.8) is 0 Å². The third-order valence-corrected chi connectivity index (χ3v) is 3.91. The highest BCUT2D eigenvalue weighted by atomic mass is 16.1. The number of amides is 1. The molecule has 0 saturated heterocycles. The summed E-state index contributed by atoms with van der Waals surface area (Å²) >= 11 is 0. The number of nitrogens with zero attached hydrogens (tertiary/aromatic N) is 1. The summed E-state index contributed by atoms with van der Waals surface area (Å²) in [5.74, 6) is 0.0521. The van der Waals surface area contributed by atoms with Crippen LogP contribution >= 0.6 is 0 Å². The van der Waals surface area contributed by atoms with Gasteiger partial charge in [0.25, 0.3) is 0 Å². The van der Waals surface area contributed by atoms with E-state index in [9.17, 15) is 4.79 Å². The van der Waals surface area contributed by atoms with Gasteiger partial charge in [0.1, 0.15) is 0 Å². The zero-order valence-corrected chi connectivity index (χ0v) is 13.1. The lowest BCUT2D eigenvalue weighted by atomic mass is 10.1. The molecular weight excluding hydrogens is 250 g/mol. The Hall–Kier alpha value is -1.55. The molecule has 4 heteroatoms. The van der Waals surface area contributed by atoms with Crippen molar-refractivity contribution in [3.8, 4) is 0 Å². The summed E-state index contributed by atoms with van der Waals surface area (Å²) in [5.41, 5.74) is 8.27. The molecule has 1 rings (SSSR count). The van der Waals surface area contributed by atoms with E-state index in [-0.39, 0.29) is 5.91 Å². The van der Waals surface area contributed by atoms with Crippen molar-refractivity contribution in [3.05, 3.63) is 23.8 Å². The largest absolute Gasteiger partial charge is 0.398 e. The van der Waals surface area contributed by atoms with Crippen molar-refractivity contribution in [2.45, 2.75) is 46.1 Å². The van der Waals surface area contributed by atoms with Gasteiger partial charge in [-0.25, -0.2) is 0 Å². The number of nitrogen functional groups attached to an aromatic ring is 1. The molecular formula is C16H27N3O. The fourth-order valence-electron chi connectivity index (χ4n) is 2.02. The van der Waals surface area contributed by atoms with E-state index in [2.05, 4.69) is 31.1 Å². The van der Waals surface area contributed by atoms with Crippen LogP contribution in [0.4, 0.5) is 11.4 Å². The fraction of sp³-hybridized carbons (Fsp3) is 0.562. The number of carbonyl (C=O) groups excluding carboxylic acids is 1. The average molecular weight is 277 g/mol. The molecule has 0 aliphatic heterocycles. The van der Waals surface area contributed by atoms with Crippen molar-refractivity contribution in [2.75, 3.05) is 24.6 Å². The highest BCUT2D eigenvalue weighted by Crippen LogP contribution is 2.20. The van der Waals surface area contributed by atoms with Crippen LogP contribution < -0.4 is 11.1 Å². The summed E-state index contributed by atoms with van der Waals surface area (Å²) in [4.78, 5) is 14.2. The Morgan fingerprint density at radius 1 is 1.45 bits per heavy atom. The fourth-order valence-corrected chi connectivity index (χ4v) is 2.02. The third-order valence-electron chi connectivity index (χ3n) is 3.91. The molecule has 0 fully saturated rings. The second-order valence-corrected chi connectivity index (χ2v) is 5.41. The maximum absolute atomic E-state index is 11.9. The third kappa shape index (κ3) is 4.85. The maximum atomic E-state index is 11.9. The molecule has 4 nitrogen and oxygen atoms in total. The molecule has 0 aliphatic rings. The minimum absolute atomic E-state index is 0.0521. The molecule has 112 valence electrons. The van der Waals surface area contributed by atoms with E-state index >= 15 is 0 Å². The Morgan fingerprint density at radius 3 is 2.80 bits per heavy atom. The summed E-state index contributed by atoms with van der Waals surface area (Å²) in [5, 5.41) is 2.93. The minimum atomic E-state index is 0.0521. The van der Waals surface area contributed by atoms with Crippen LogP contribution in [0.15, 0.2) is 18.2 Å². The van der Waals surface area contributed by atoms with Crippen LogP contribution in [-0.4, -0.2) is 30.4 Å². The predicted octanol–water partition coefficient (Wildman–Crippen LogP) is 3.03. The van der Waals surface area contributed by atoms with Crippen molar-refractivity contribution in [1.29, 1.82) is 0 Å². The number of nitrogens with two attached hydrogens (primary N) is 1. The van der Waals surface area contributed by atoms with Crippen LogP contribution in [0.3, 0.4) is 0 Å². The molecule has 0 heterocycles. The lowest BCUT2D eigenvalue weighted by Crippen LogP contribution is -2.29. The van der Waals surface area contributed by atoms with Crippen molar-refractivity contribution in [1.82, 2.24) is 4.90 Å². The normalized spacial score (nSPS) is 12.4. The average Bonchev–Trinajstić information content (AvgIpc) is 2.42. The van der Waals surface area contributed by atoms with Crippen LogP contribution in [0.25, 0.3) is 0 Å². The van der Waals surface area contributed by atoms with Gasteiger partial charge in [-0.2, -0.15) is 0 Å². The van der Waals surface area contributed by atoms with Crippen molar-refractivity contribution in [2.24, 2.45) is 0 Å². The Morgan fingerprint density at radius 2 is 2.15 bits per heavy atom. The lowest BCUT2D eigenvalue weighted by molar-refractivity contribution is -0.116. The van der Waals surface area contributed by atoms with Crippen LogP contribution in [0.1, 0.15) is 38.7 Å². The van der Waals surface area contributed by atoms with Gasteiger partial charge in [0, 0.05) is 23.8 Å². The zero-order chi connectivity index (χ0) is 15.1. The first kappa shape index (κ1) is 16.5. The van der Waals surface area contributed by atoms with Gasteiger partial charge < -0.3 is 16.0 Å². The first-order chi connectivity index (χ1) is 9.45. The van der Waals surface area contributed by atoms with Gasteiger partial charge in [-0.3, -0.25) is 4.79 Å². The van der Waals surface area contributed by atoms with Crippen LogP contribution in [0, 0.1) is 6.92 Å². The van der Waals surface area contributed by atoms with Gasteiger partial charge in [0.15, 0.2) is 0 Å². The van der Waals surface area contributed by atoms with Crippen LogP contribution in [0.5, 0.6) is 0 Å². The van der Waals surface area contributed by atoms with Gasteiger partial charge in [0.05, 0.1) is 0 Å². The molecule has 1 aromatic rings.